The van der Waals surface area contributed by atoms with Crippen LogP contribution >= 0.6 is 0 Å². The van der Waals surface area contributed by atoms with Crippen LogP contribution in [-0.4, -0.2) is 41.3 Å². The maximum atomic E-state index is 9.24. The number of hydrogen-bond acceptors (Lipinski definition) is 3. The Morgan fingerprint density at radius 1 is 1.44 bits per heavy atom. The van der Waals surface area contributed by atoms with Gasteiger partial charge in [-0.05, 0) is 18.5 Å². The van der Waals surface area contributed by atoms with E-state index in [0.717, 1.165) is 18.5 Å². The van der Waals surface area contributed by atoms with Gasteiger partial charge in [-0.1, -0.05) is 6.20 Å². The molecule has 1 aromatic rings. The first-order valence-electron chi connectivity index (χ1n) is 4.69. The van der Waals surface area contributed by atoms with Crippen molar-refractivity contribution in [2.75, 3.05) is 13.2 Å². The number of ether oxygens (including phenoxy) is 1. The Kier molecular flexibility index (Phi) is 6.92. The maximum absolute atomic E-state index is 9.24. The van der Waals surface area contributed by atoms with Gasteiger partial charge >= 0.3 is 23.1 Å². The van der Waals surface area contributed by atoms with Crippen molar-refractivity contribution in [2.24, 2.45) is 0 Å². The maximum Gasteiger partial charge on any atom is 2.00 e. The molecule has 2 rings (SSSR count). The van der Waals surface area contributed by atoms with E-state index in [1.54, 1.807) is 12.3 Å². The molecule has 0 unspecified atom stereocenters. The summed E-state index contributed by atoms with van der Waals surface area (Å²) in [5.41, 5.74) is 0.412. The van der Waals surface area contributed by atoms with Gasteiger partial charge in [0.25, 0.3) is 0 Å². The third-order valence-corrected chi connectivity index (χ3v) is 2.67. The van der Waals surface area contributed by atoms with E-state index in [1.807, 2.05) is 6.07 Å². The van der Waals surface area contributed by atoms with Crippen molar-refractivity contribution in [2.45, 2.75) is 18.3 Å². The normalized spacial score (nSPS) is 17.4. The van der Waals surface area contributed by atoms with Gasteiger partial charge in [-0.2, -0.15) is 11.3 Å². The smallest absolute Gasteiger partial charge is 1.00 e. The molecule has 1 aliphatic heterocycles. The molecule has 1 fully saturated rings. The quantitative estimate of drug-likeness (QED) is 0.429. The molecule has 80 valence electrons. The number of halogens is 1. The summed E-state index contributed by atoms with van der Waals surface area (Å²) in [6.45, 7) is 1.29. The first-order valence-corrected chi connectivity index (χ1v) is 4.69. The Balaban J connectivity index is 0.00000112. The van der Waals surface area contributed by atoms with Crippen molar-refractivity contribution < 1.29 is 17.1 Å². The number of rotatable bonds is 1. The third-order valence-electron chi connectivity index (χ3n) is 2.67. The Morgan fingerprint density at radius 2 is 2.12 bits per heavy atom. The molecule has 0 N–H and O–H groups in total. The molecule has 0 spiro atoms. The summed E-state index contributed by atoms with van der Waals surface area (Å²) in [6, 6.07) is 8.91. The van der Waals surface area contributed by atoms with Crippen molar-refractivity contribution in [1.82, 2.24) is 4.98 Å². The molecule has 0 bridgehead atoms. The summed E-state index contributed by atoms with van der Waals surface area (Å²) >= 11 is 0. The fraction of sp³-hybridized carbons (Fsp3) is 0.455. The van der Waals surface area contributed by atoms with E-state index in [1.165, 1.54) is 0 Å². The largest absolute Gasteiger partial charge is 2.00 e. The van der Waals surface area contributed by atoms with Gasteiger partial charge < -0.3 is 17.1 Å². The van der Waals surface area contributed by atoms with E-state index in [2.05, 4.69) is 17.1 Å². The SMILES string of the molecule is N#CC1(c2cc[c-]cn2)CCOCC1.[Cl-].[Mg+2]. The van der Waals surface area contributed by atoms with Crippen LogP contribution in [0.1, 0.15) is 18.5 Å². The molecule has 0 atom stereocenters. The van der Waals surface area contributed by atoms with Crippen LogP contribution < -0.4 is 12.4 Å². The fourth-order valence-corrected chi connectivity index (χ4v) is 1.75. The van der Waals surface area contributed by atoms with Crippen molar-refractivity contribution in [3.05, 3.63) is 30.1 Å². The molecule has 0 aliphatic carbocycles. The summed E-state index contributed by atoms with van der Waals surface area (Å²) < 4.78 is 5.26. The molecule has 1 aromatic heterocycles. The summed E-state index contributed by atoms with van der Waals surface area (Å²) in [5.74, 6) is 0. The number of nitriles is 1. The van der Waals surface area contributed by atoms with Gasteiger partial charge in [0.05, 0.1) is 11.5 Å². The minimum atomic E-state index is -0.437. The average Bonchev–Trinajstić information content (AvgIpc) is 2.31. The molecular weight excluding hydrogens is 236 g/mol. The minimum Gasteiger partial charge on any atom is -1.00 e. The third kappa shape index (κ3) is 3.08. The Labute approximate surface area is 118 Å². The molecule has 1 saturated heterocycles. The van der Waals surface area contributed by atoms with E-state index in [9.17, 15) is 5.26 Å². The summed E-state index contributed by atoms with van der Waals surface area (Å²) in [7, 11) is 0. The minimum absolute atomic E-state index is 0. The topological polar surface area (TPSA) is 45.9 Å². The van der Waals surface area contributed by atoms with Crippen LogP contribution in [-0.2, 0) is 10.2 Å². The van der Waals surface area contributed by atoms with Gasteiger partial charge in [-0.3, -0.25) is 4.98 Å². The van der Waals surface area contributed by atoms with Crippen LogP contribution in [0.4, 0.5) is 0 Å². The number of nitrogens with zero attached hydrogens (tertiary/aromatic N) is 2. The zero-order chi connectivity index (χ0) is 9.86. The standard InChI is InChI=1S/C11H11N2O.ClH.Mg/c12-9-11(4-7-14-8-5-11)10-3-1-2-6-13-10;;/h1,3,6H,4-5,7-8H2;1H;/q-1;;+2/p-1. The van der Waals surface area contributed by atoms with Crippen LogP contribution in [0.5, 0.6) is 0 Å². The van der Waals surface area contributed by atoms with Gasteiger partial charge in [0, 0.05) is 13.2 Å². The number of aromatic nitrogens is 1. The van der Waals surface area contributed by atoms with Crippen LogP contribution in [0.3, 0.4) is 0 Å². The van der Waals surface area contributed by atoms with Crippen molar-refractivity contribution >= 4 is 23.1 Å². The first kappa shape index (κ1) is 15.7. The monoisotopic (exact) mass is 246 g/mol. The number of hydrogen-bond donors (Lipinski definition) is 0. The van der Waals surface area contributed by atoms with Crippen LogP contribution in [0, 0.1) is 17.4 Å². The molecule has 16 heavy (non-hydrogen) atoms. The zero-order valence-corrected chi connectivity index (χ0v) is 11.1. The fourth-order valence-electron chi connectivity index (χ4n) is 1.75. The van der Waals surface area contributed by atoms with Crippen LogP contribution in [0.2, 0.25) is 0 Å². The molecule has 5 heteroatoms. The molecule has 0 radical (unpaired) electrons. The molecule has 1 aliphatic rings. The Bertz CT molecular complexity index is 347. The van der Waals surface area contributed by atoms with E-state index in [-0.39, 0.29) is 35.5 Å². The van der Waals surface area contributed by atoms with E-state index in [4.69, 9.17) is 4.74 Å². The zero-order valence-electron chi connectivity index (χ0n) is 8.95. The van der Waals surface area contributed by atoms with Crippen molar-refractivity contribution in [1.29, 1.82) is 5.26 Å². The predicted molar refractivity (Wildman–Crippen MR) is 56.2 cm³/mol. The Hall–Kier alpha value is -0.344. The predicted octanol–water partition coefficient (Wildman–Crippen LogP) is -1.92. The second-order valence-electron chi connectivity index (χ2n) is 3.45. The van der Waals surface area contributed by atoms with Crippen molar-refractivity contribution in [3.8, 4) is 6.07 Å². The van der Waals surface area contributed by atoms with Gasteiger partial charge in [0.1, 0.15) is 0 Å². The summed E-state index contributed by atoms with van der Waals surface area (Å²) in [6.07, 6.45) is 3.09. The second-order valence-corrected chi connectivity index (χ2v) is 3.45. The number of pyridine rings is 1. The van der Waals surface area contributed by atoms with Gasteiger partial charge in [-0.15, -0.1) is 0 Å². The molecule has 0 amide bonds. The van der Waals surface area contributed by atoms with Crippen LogP contribution in [0.25, 0.3) is 0 Å². The van der Waals surface area contributed by atoms with Gasteiger partial charge in [0.15, 0.2) is 0 Å². The summed E-state index contributed by atoms with van der Waals surface area (Å²) in [5, 5.41) is 9.24. The molecule has 0 saturated carbocycles. The van der Waals surface area contributed by atoms with Gasteiger partial charge in [-0.25, -0.2) is 12.1 Å². The molecule has 0 aromatic carbocycles. The Morgan fingerprint density at radius 3 is 2.62 bits per heavy atom. The molecule has 2 heterocycles. The van der Waals surface area contributed by atoms with E-state index < -0.39 is 5.41 Å². The molecular formula is C11H11ClMgN2O. The second kappa shape index (κ2) is 7.07. The first-order chi connectivity index (χ1) is 6.87. The van der Waals surface area contributed by atoms with E-state index in [0.29, 0.717) is 13.2 Å². The summed E-state index contributed by atoms with van der Waals surface area (Å²) in [4.78, 5) is 4.21. The van der Waals surface area contributed by atoms with Gasteiger partial charge in [0.2, 0.25) is 0 Å². The average molecular weight is 247 g/mol. The van der Waals surface area contributed by atoms with Crippen molar-refractivity contribution in [3.63, 3.8) is 0 Å². The molecule has 3 nitrogen and oxygen atoms in total. The van der Waals surface area contributed by atoms with E-state index >= 15 is 0 Å². The van der Waals surface area contributed by atoms with Crippen LogP contribution in [0.15, 0.2) is 18.3 Å².